The highest BCUT2D eigenvalue weighted by Crippen LogP contribution is 2.25. The van der Waals surface area contributed by atoms with Gasteiger partial charge in [-0.1, -0.05) is 35.9 Å². The summed E-state index contributed by atoms with van der Waals surface area (Å²) in [4.78, 5) is 15.1. The predicted molar refractivity (Wildman–Crippen MR) is 106 cm³/mol. The second-order valence-electron chi connectivity index (χ2n) is 6.53. The fourth-order valence-corrected chi connectivity index (χ4v) is 3.67. The second kappa shape index (κ2) is 7.98. The zero-order valence-corrected chi connectivity index (χ0v) is 15.5. The van der Waals surface area contributed by atoms with E-state index in [0.29, 0.717) is 6.61 Å². The molecule has 26 heavy (non-hydrogen) atoms. The fourth-order valence-electron chi connectivity index (χ4n) is 3.41. The highest BCUT2D eigenvalue weighted by molar-refractivity contribution is 6.33. The van der Waals surface area contributed by atoms with Crippen LogP contribution in [0.25, 0.3) is 11.0 Å². The minimum atomic E-state index is 0.686. The molecule has 6 heteroatoms. The first-order valence-corrected chi connectivity index (χ1v) is 9.46. The molecule has 0 atom stereocenters. The zero-order valence-electron chi connectivity index (χ0n) is 14.7. The quantitative estimate of drug-likeness (QED) is 0.623. The molecule has 0 spiro atoms. The minimum Gasteiger partial charge on any atom is -0.412 e. The Bertz CT molecular complexity index is 858. The maximum Gasteiger partial charge on any atom is 0.133 e. The van der Waals surface area contributed by atoms with Crippen LogP contribution in [-0.2, 0) is 0 Å². The van der Waals surface area contributed by atoms with Crippen LogP contribution >= 0.6 is 11.6 Å². The van der Waals surface area contributed by atoms with Gasteiger partial charge >= 0.3 is 0 Å². The van der Waals surface area contributed by atoms with E-state index in [9.17, 15) is 0 Å². The normalized spacial score (nSPS) is 15.5. The molecule has 4 rings (SSSR count). The number of para-hydroxylation sites is 3. The number of anilines is 1. The van der Waals surface area contributed by atoms with Crippen LogP contribution in [0.4, 0.5) is 5.69 Å². The Morgan fingerprint density at radius 2 is 1.73 bits per heavy atom. The van der Waals surface area contributed by atoms with Gasteiger partial charge in [0, 0.05) is 32.7 Å². The number of rotatable bonds is 6. The van der Waals surface area contributed by atoms with E-state index >= 15 is 0 Å². The summed E-state index contributed by atoms with van der Waals surface area (Å²) < 4.78 is 1.77. The van der Waals surface area contributed by atoms with Crippen LogP contribution in [0.2, 0.25) is 5.02 Å². The first-order chi connectivity index (χ1) is 12.8. The van der Waals surface area contributed by atoms with Crippen molar-refractivity contribution in [2.24, 2.45) is 0 Å². The molecular formula is C20H23ClN4O. The molecule has 1 saturated heterocycles. The van der Waals surface area contributed by atoms with Gasteiger partial charge in [0.15, 0.2) is 0 Å². The Morgan fingerprint density at radius 1 is 0.962 bits per heavy atom. The lowest BCUT2D eigenvalue weighted by Crippen LogP contribution is -2.47. The Kier molecular flexibility index (Phi) is 5.27. The Balaban J connectivity index is 1.21. The molecule has 136 valence electrons. The van der Waals surface area contributed by atoms with Crippen LogP contribution in [0.5, 0.6) is 0 Å². The number of piperazine rings is 1. The van der Waals surface area contributed by atoms with Gasteiger partial charge < -0.3 is 9.74 Å². The third-order valence-corrected chi connectivity index (χ3v) is 5.15. The molecule has 0 unspecified atom stereocenters. The number of nitrogens with zero attached hydrogens (tertiary/aromatic N) is 4. The van der Waals surface area contributed by atoms with Crippen molar-refractivity contribution in [3.05, 3.63) is 59.9 Å². The van der Waals surface area contributed by atoms with Crippen molar-refractivity contribution >= 4 is 28.3 Å². The van der Waals surface area contributed by atoms with E-state index in [0.717, 1.165) is 60.9 Å². The molecule has 1 aliphatic heterocycles. The summed E-state index contributed by atoms with van der Waals surface area (Å²) in [5.41, 5.74) is 3.12. The topological polar surface area (TPSA) is 33.5 Å². The smallest absolute Gasteiger partial charge is 0.133 e. The summed E-state index contributed by atoms with van der Waals surface area (Å²) in [6, 6.07) is 16.1. The third-order valence-electron chi connectivity index (χ3n) is 4.84. The van der Waals surface area contributed by atoms with Crippen molar-refractivity contribution < 1.29 is 4.84 Å². The minimum absolute atomic E-state index is 0.686. The number of imidazole rings is 1. The summed E-state index contributed by atoms with van der Waals surface area (Å²) in [6.07, 6.45) is 2.74. The van der Waals surface area contributed by atoms with Crippen LogP contribution in [0.3, 0.4) is 0 Å². The number of hydrogen-bond acceptors (Lipinski definition) is 4. The van der Waals surface area contributed by atoms with Gasteiger partial charge in [-0.15, -0.1) is 0 Å². The average molecular weight is 371 g/mol. The van der Waals surface area contributed by atoms with Crippen LogP contribution in [0.15, 0.2) is 54.9 Å². The first-order valence-electron chi connectivity index (χ1n) is 9.08. The standard InChI is InChI=1S/C20H23ClN4O/c21-17-6-1-3-8-19(17)24-13-11-23(12-14-24)10-5-15-26-25-16-22-18-7-2-4-9-20(18)25/h1-4,6-9,16H,5,10-15H2. The summed E-state index contributed by atoms with van der Waals surface area (Å²) in [5.74, 6) is 0. The van der Waals surface area contributed by atoms with Crippen molar-refractivity contribution in [1.82, 2.24) is 14.6 Å². The lowest BCUT2D eigenvalue weighted by molar-refractivity contribution is 0.106. The van der Waals surface area contributed by atoms with Gasteiger partial charge in [0.25, 0.3) is 0 Å². The zero-order chi connectivity index (χ0) is 17.8. The van der Waals surface area contributed by atoms with E-state index in [1.165, 1.54) is 0 Å². The Hall–Kier alpha value is -2.24. The van der Waals surface area contributed by atoms with Crippen LogP contribution in [0, 0.1) is 0 Å². The molecule has 0 radical (unpaired) electrons. The highest BCUT2D eigenvalue weighted by Gasteiger charge is 2.18. The van der Waals surface area contributed by atoms with E-state index < -0.39 is 0 Å². The van der Waals surface area contributed by atoms with E-state index in [2.05, 4.69) is 20.9 Å². The highest BCUT2D eigenvalue weighted by atomic mass is 35.5. The van der Waals surface area contributed by atoms with Crippen molar-refractivity contribution in [3.63, 3.8) is 0 Å². The number of fused-ring (bicyclic) bond motifs is 1. The van der Waals surface area contributed by atoms with Crippen molar-refractivity contribution in [1.29, 1.82) is 0 Å². The van der Waals surface area contributed by atoms with E-state index in [4.69, 9.17) is 16.4 Å². The summed E-state index contributed by atoms with van der Waals surface area (Å²) in [6.45, 7) is 5.86. The lowest BCUT2D eigenvalue weighted by atomic mass is 10.2. The predicted octanol–water partition coefficient (Wildman–Crippen LogP) is 3.33. The van der Waals surface area contributed by atoms with Gasteiger partial charge in [-0.3, -0.25) is 4.90 Å². The van der Waals surface area contributed by atoms with Gasteiger partial charge in [-0.25, -0.2) is 4.98 Å². The summed E-state index contributed by atoms with van der Waals surface area (Å²) in [7, 11) is 0. The van der Waals surface area contributed by atoms with Gasteiger partial charge in [0.05, 0.1) is 16.2 Å². The summed E-state index contributed by atoms with van der Waals surface area (Å²) in [5, 5.41) is 0.835. The van der Waals surface area contributed by atoms with Gasteiger partial charge in [0.1, 0.15) is 18.5 Å². The second-order valence-corrected chi connectivity index (χ2v) is 6.93. The van der Waals surface area contributed by atoms with Gasteiger partial charge in [-0.2, -0.15) is 4.73 Å². The molecule has 3 aromatic rings. The first kappa shape index (κ1) is 17.2. The maximum absolute atomic E-state index is 6.31. The monoisotopic (exact) mass is 370 g/mol. The largest absolute Gasteiger partial charge is 0.412 e. The number of hydrogen-bond donors (Lipinski definition) is 0. The van der Waals surface area contributed by atoms with E-state index in [-0.39, 0.29) is 0 Å². The molecule has 0 amide bonds. The Morgan fingerprint density at radius 3 is 2.58 bits per heavy atom. The van der Waals surface area contributed by atoms with E-state index in [1.807, 2.05) is 42.5 Å². The van der Waals surface area contributed by atoms with Crippen LogP contribution in [-0.4, -0.2) is 53.9 Å². The number of benzene rings is 2. The van der Waals surface area contributed by atoms with Crippen molar-refractivity contribution in [2.75, 3.05) is 44.2 Å². The van der Waals surface area contributed by atoms with Crippen LogP contribution in [0.1, 0.15) is 6.42 Å². The van der Waals surface area contributed by atoms with E-state index in [1.54, 1.807) is 11.1 Å². The molecule has 5 nitrogen and oxygen atoms in total. The van der Waals surface area contributed by atoms with Crippen LogP contribution < -0.4 is 9.74 Å². The van der Waals surface area contributed by atoms with Crippen molar-refractivity contribution in [3.8, 4) is 0 Å². The molecule has 0 N–H and O–H groups in total. The molecule has 2 aromatic carbocycles. The molecule has 1 fully saturated rings. The lowest BCUT2D eigenvalue weighted by Gasteiger charge is -2.36. The van der Waals surface area contributed by atoms with Crippen molar-refractivity contribution in [2.45, 2.75) is 6.42 Å². The number of halogens is 1. The molecule has 0 aliphatic carbocycles. The molecule has 1 aliphatic rings. The fraction of sp³-hybridized carbons (Fsp3) is 0.350. The van der Waals surface area contributed by atoms with Gasteiger partial charge in [0.2, 0.25) is 0 Å². The third kappa shape index (κ3) is 3.79. The van der Waals surface area contributed by atoms with Gasteiger partial charge in [-0.05, 0) is 30.7 Å². The number of aromatic nitrogens is 2. The molecule has 0 saturated carbocycles. The maximum atomic E-state index is 6.31. The average Bonchev–Trinajstić information content (AvgIpc) is 3.09. The molecule has 0 bridgehead atoms. The SMILES string of the molecule is Clc1ccccc1N1CCN(CCCOn2cnc3ccccc32)CC1. The molecule has 2 heterocycles. The molecular weight excluding hydrogens is 348 g/mol. The summed E-state index contributed by atoms with van der Waals surface area (Å²) >= 11 is 6.31. The molecule has 1 aromatic heterocycles. The Labute approximate surface area is 158 Å².